The number of carbonyl (C=O) groups excluding carboxylic acids is 2. The first kappa shape index (κ1) is 18.7. The molecule has 1 unspecified atom stereocenters. The summed E-state index contributed by atoms with van der Waals surface area (Å²) in [7, 11) is 2.11. The molecule has 2 saturated heterocycles. The van der Waals surface area contributed by atoms with Crippen LogP contribution in [-0.2, 0) is 4.79 Å². The first-order chi connectivity index (χ1) is 13.5. The molecule has 148 valence electrons. The second-order valence-electron chi connectivity index (χ2n) is 7.99. The molecule has 3 heterocycles. The average molecular weight is 381 g/mol. The third-order valence-electron chi connectivity index (χ3n) is 5.70. The molecule has 28 heavy (non-hydrogen) atoms. The van der Waals surface area contributed by atoms with Crippen LogP contribution >= 0.6 is 0 Å². The molecule has 1 N–H and O–H groups in total. The molecule has 0 saturated carbocycles. The van der Waals surface area contributed by atoms with Crippen LogP contribution in [0.4, 0.5) is 0 Å². The molecule has 4 rings (SSSR count). The van der Waals surface area contributed by atoms with Crippen LogP contribution in [0.3, 0.4) is 0 Å². The fourth-order valence-corrected chi connectivity index (χ4v) is 3.96. The van der Waals surface area contributed by atoms with Crippen molar-refractivity contribution in [1.82, 2.24) is 24.9 Å². The minimum absolute atomic E-state index is 0.0598. The number of aryl methyl sites for hydroxylation is 1. The van der Waals surface area contributed by atoms with E-state index in [9.17, 15) is 9.59 Å². The fraction of sp³-hybridized carbons (Fsp3) is 0.476. The minimum atomic E-state index is -0.112. The van der Waals surface area contributed by atoms with Crippen molar-refractivity contribution in [2.75, 3.05) is 39.8 Å². The van der Waals surface area contributed by atoms with Crippen molar-refractivity contribution >= 4 is 11.8 Å². The van der Waals surface area contributed by atoms with Crippen molar-refractivity contribution < 1.29 is 9.59 Å². The molecule has 2 fully saturated rings. The lowest BCUT2D eigenvalue weighted by Gasteiger charge is -2.37. The van der Waals surface area contributed by atoms with Gasteiger partial charge in [-0.15, -0.1) is 0 Å². The molecule has 1 aromatic heterocycles. The Hall–Kier alpha value is -2.67. The Bertz CT molecular complexity index is 857. The number of rotatable bonds is 5. The molecule has 0 spiro atoms. The molecular formula is C21H27N5O2. The number of carbonyl (C=O) groups is 2. The van der Waals surface area contributed by atoms with E-state index >= 15 is 0 Å². The first-order valence-electron chi connectivity index (χ1n) is 9.89. The van der Waals surface area contributed by atoms with Gasteiger partial charge >= 0.3 is 0 Å². The van der Waals surface area contributed by atoms with Gasteiger partial charge in [-0.25, -0.2) is 4.68 Å². The predicted molar refractivity (Wildman–Crippen MR) is 106 cm³/mol. The second-order valence-corrected chi connectivity index (χ2v) is 7.99. The molecule has 2 aliphatic heterocycles. The summed E-state index contributed by atoms with van der Waals surface area (Å²) in [6.45, 7) is 5.73. The topological polar surface area (TPSA) is 70.5 Å². The Labute approximate surface area is 165 Å². The molecule has 1 atom stereocenters. The highest BCUT2D eigenvalue weighted by Gasteiger charge is 2.37. The summed E-state index contributed by atoms with van der Waals surface area (Å²) in [5.74, 6) is 0.376. The van der Waals surface area contributed by atoms with Crippen molar-refractivity contribution in [2.45, 2.75) is 13.3 Å². The van der Waals surface area contributed by atoms with E-state index in [0.29, 0.717) is 24.7 Å². The van der Waals surface area contributed by atoms with E-state index in [2.05, 4.69) is 22.4 Å². The number of nitrogens with one attached hydrogen (secondary N) is 1. The number of benzene rings is 1. The summed E-state index contributed by atoms with van der Waals surface area (Å²) in [6, 6.07) is 11.6. The largest absolute Gasteiger partial charge is 0.355 e. The van der Waals surface area contributed by atoms with Gasteiger partial charge in [0.25, 0.3) is 5.91 Å². The van der Waals surface area contributed by atoms with E-state index in [1.165, 1.54) is 0 Å². The zero-order valence-electron chi connectivity index (χ0n) is 16.5. The monoisotopic (exact) mass is 381 g/mol. The SMILES string of the molecule is Cc1cc(C(=O)N2CC(C(=O)NCC3CCN(C)C3)C2)nn1-c1ccccc1. The van der Waals surface area contributed by atoms with Crippen LogP contribution < -0.4 is 5.32 Å². The molecule has 7 nitrogen and oxygen atoms in total. The van der Waals surface area contributed by atoms with E-state index < -0.39 is 0 Å². The lowest BCUT2D eigenvalue weighted by Crippen LogP contribution is -2.56. The maximum Gasteiger partial charge on any atom is 0.274 e. The Morgan fingerprint density at radius 3 is 2.61 bits per heavy atom. The molecule has 2 aliphatic rings. The van der Waals surface area contributed by atoms with Crippen LogP contribution in [0.5, 0.6) is 0 Å². The number of aromatic nitrogens is 2. The molecule has 2 aromatic rings. The molecule has 0 radical (unpaired) electrons. The lowest BCUT2D eigenvalue weighted by atomic mass is 9.98. The number of hydrogen-bond acceptors (Lipinski definition) is 4. The quantitative estimate of drug-likeness (QED) is 0.848. The van der Waals surface area contributed by atoms with Crippen molar-refractivity contribution in [1.29, 1.82) is 0 Å². The van der Waals surface area contributed by atoms with Gasteiger partial charge in [-0.1, -0.05) is 18.2 Å². The van der Waals surface area contributed by atoms with Crippen LogP contribution in [0.1, 0.15) is 22.6 Å². The van der Waals surface area contributed by atoms with Crippen molar-refractivity contribution in [3.8, 4) is 5.69 Å². The standard InChI is InChI=1S/C21H27N5O2/c1-15-10-19(23-26(15)18-6-4-3-5-7-18)21(28)25-13-17(14-25)20(27)22-11-16-8-9-24(2)12-16/h3-7,10,16-17H,8-9,11-14H2,1-2H3,(H,22,27). The molecule has 0 aliphatic carbocycles. The van der Waals surface area contributed by atoms with Gasteiger partial charge in [0.2, 0.25) is 5.91 Å². The Morgan fingerprint density at radius 1 is 1.18 bits per heavy atom. The summed E-state index contributed by atoms with van der Waals surface area (Å²) in [6.07, 6.45) is 1.13. The normalized spacial score (nSPS) is 20.2. The molecular weight excluding hydrogens is 354 g/mol. The van der Waals surface area contributed by atoms with Gasteiger partial charge in [-0.3, -0.25) is 9.59 Å². The zero-order chi connectivity index (χ0) is 19.7. The van der Waals surface area contributed by atoms with Gasteiger partial charge < -0.3 is 15.1 Å². The van der Waals surface area contributed by atoms with Crippen LogP contribution in [0.2, 0.25) is 0 Å². The van der Waals surface area contributed by atoms with E-state index in [-0.39, 0.29) is 17.7 Å². The predicted octanol–water partition coefficient (Wildman–Crippen LogP) is 1.32. The van der Waals surface area contributed by atoms with Gasteiger partial charge in [0.1, 0.15) is 0 Å². The van der Waals surface area contributed by atoms with Crippen LogP contribution in [0.25, 0.3) is 5.69 Å². The Morgan fingerprint density at radius 2 is 1.93 bits per heavy atom. The summed E-state index contributed by atoms with van der Waals surface area (Å²) in [5.41, 5.74) is 2.26. The molecule has 2 amide bonds. The van der Waals surface area contributed by atoms with Crippen molar-refractivity contribution in [2.24, 2.45) is 11.8 Å². The van der Waals surface area contributed by atoms with Gasteiger partial charge in [0.15, 0.2) is 5.69 Å². The lowest BCUT2D eigenvalue weighted by molar-refractivity contribution is -0.129. The summed E-state index contributed by atoms with van der Waals surface area (Å²) in [4.78, 5) is 29.0. The second kappa shape index (κ2) is 7.75. The first-order valence-corrected chi connectivity index (χ1v) is 9.89. The molecule has 7 heteroatoms. The molecule has 0 bridgehead atoms. The van der Waals surface area contributed by atoms with Crippen LogP contribution in [-0.4, -0.2) is 71.2 Å². The van der Waals surface area contributed by atoms with Crippen LogP contribution in [0, 0.1) is 18.8 Å². The van der Waals surface area contributed by atoms with Gasteiger partial charge in [-0.2, -0.15) is 5.10 Å². The van der Waals surface area contributed by atoms with Gasteiger partial charge in [0.05, 0.1) is 11.6 Å². The fourth-order valence-electron chi connectivity index (χ4n) is 3.96. The highest BCUT2D eigenvalue weighted by Crippen LogP contribution is 2.21. The van der Waals surface area contributed by atoms with Gasteiger partial charge in [0, 0.05) is 31.9 Å². The van der Waals surface area contributed by atoms with E-state index in [1.54, 1.807) is 15.6 Å². The Kier molecular flexibility index (Phi) is 5.17. The van der Waals surface area contributed by atoms with E-state index in [0.717, 1.165) is 37.4 Å². The number of likely N-dealkylation sites (tertiary alicyclic amines) is 2. The minimum Gasteiger partial charge on any atom is -0.355 e. The number of amides is 2. The van der Waals surface area contributed by atoms with E-state index in [1.807, 2.05) is 37.3 Å². The zero-order valence-corrected chi connectivity index (χ0v) is 16.5. The average Bonchev–Trinajstić information content (AvgIpc) is 3.25. The number of hydrogen-bond donors (Lipinski definition) is 1. The number of nitrogens with zero attached hydrogens (tertiary/aromatic N) is 4. The molecule has 1 aromatic carbocycles. The maximum absolute atomic E-state index is 12.7. The highest BCUT2D eigenvalue weighted by molar-refractivity contribution is 5.94. The Balaban J connectivity index is 1.30. The smallest absolute Gasteiger partial charge is 0.274 e. The van der Waals surface area contributed by atoms with Crippen molar-refractivity contribution in [3.05, 3.63) is 47.8 Å². The maximum atomic E-state index is 12.7. The third-order valence-corrected chi connectivity index (χ3v) is 5.70. The number of para-hydroxylation sites is 1. The van der Waals surface area contributed by atoms with E-state index in [4.69, 9.17) is 0 Å². The third kappa shape index (κ3) is 3.80. The van der Waals surface area contributed by atoms with Crippen molar-refractivity contribution in [3.63, 3.8) is 0 Å². The summed E-state index contributed by atoms with van der Waals surface area (Å²) >= 11 is 0. The summed E-state index contributed by atoms with van der Waals surface area (Å²) < 4.78 is 1.77. The van der Waals surface area contributed by atoms with Gasteiger partial charge in [-0.05, 0) is 51.1 Å². The highest BCUT2D eigenvalue weighted by atomic mass is 16.2. The summed E-state index contributed by atoms with van der Waals surface area (Å²) in [5, 5.41) is 7.53. The van der Waals surface area contributed by atoms with Crippen LogP contribution in [0.15, 0.2) is 36.4 Å².